The fraction of sp³-hybridized carbons (Fsp3) is 0.727. The van der Waals surface area contributed by atoms with Crippen LogP contribution < -0.4 is 10.2 Å². The van der Waals surface area contributed by atoms with Crippen molar-refractivity contribution in [3.05, 3.63) is 15.4 Å². The molecule has 6 nitrogen and oxygen atoms in total. The van der Waals surface area contributed by atoms with Gasteiger partial charge in [-0.25, -0.2) is 8.42 Å². The summed E-state index contributed by atoms with van der Waals surface area (Å²) in [6.07, 6.45) is 1.53. The predicted molar refractivity (Wildman–Crippen MR) is 75.1 cm³/mol. The molecule has 0 atom stereocenters. The van der Waals surface area contributed by atoms with Gasteiger partial charge in [0.1, 0.15) is 0 Å². The summed E-state index contributed by atoms with van der Waals surface area (Å²) in [5.74, 6) is 0. The molecule has 108 valence electrons. The molecule has 1 aliphatic rings. The van der Waals surface area contributed by atoms with Crippen molar-refractivity contribution in [3.63, 3.8) is 0 Å². The van der Waals surface area contributed by atoms with Gasteiger partial charge in [0.05, 0.1) is 0 Å². The van der Waals surface area contributed by atoms with Gasteiger partial charge in [-0.05, 0) is 33.7 Å². The Kier molecular flexibility index (Phi) is 3.87. The third-order valence-corrected chi connectivity index (χ3v) is 7.27. The first-order valence-electron chi connectivity index (χ1n) is 6.17. The molecule has 0 amide bonds. The Balaban J connectivity index is 2.23. The quantitative estimate of drug-likeness (QED) is 0.852. The molecule has 2 rings (SSSR count). The summed E-state index contributed by atoms with van der Waals surface area (Å²) in [6.45, 7) is 4.67. The van der Waals surface area contributed by atoms with E-state index in [-0.39, 0.29) is 14.6 Å². The molecule has 0 radical (unpaired) electrons. The molecule has 0 aliphatic carbocycles. The van der Waals surface area contributed by atoms with Crippen molar-refractivity contribution in [2.75, 3.05) is 20.1 Å². The Morgan fingerprint density at radius 3 is 2.37 bits per heavy atom. The fourth-order valence-electron chi connectivity index (χ4n) is 2.22. The summed E-state index contributed by atoms with van der Waals surface area (Å²) in [7, 11) is -1.64. The third-order valence-electron chi connectivity index (χ3n) is 3.78. The molecule has 19 heavy (non-hydrogen) atoms. The summed E-state index contributed by atoms with van der Waals surface area (Å²) < 4.78 is 26.6. The Morgan fingerprint density at radius 1 is 1.37 bits per heavy atom. The molecule has 1 aliphatic heterocycles. The van der Waals surface area contributed by atoms with Gasteiger partial charge in [-0.3, -0.25) is 4.79 Å². The van der Waals surface area contributed by atoms with Gasteiger partial charge in [0.15, 0.2) is 4.21 Å². The van der Waals surface area contributed by atoms with Gasteiger partial charge in [-0.1, -0.05) is 11.3 Å². The number of aryl methyl sites for hydroxylation is 1. The number of hydrogen-bond donors (Lipinski definition) is 2. The third kappa shape index (κ3) is 2.76. The zero-order valence-corrected chi connectivity index (χ0v) is 12.9. The molecular formula is C11H19N3O3S2. The molecular weight excluding hydrogens is 286 g/mol. The molecule has 2 heterocycles. The van der Waals surface area contributed by atoms with Crippen LogP contribution in [0.2, 0.25) is 0 Å². The van der Waals surface area contributed by atoms with Crippen LogP contribution in [-0.4, -0.2) is 43.4 Å². The van der Waals surface area contributed by atoms with Crippen molar-refractivity contribution >= 4 is 21.4 Å². The maximum absolute atomic E-state index is 12.5. The van der Waals surface area contributed by atoms with Crippen molar-refractivity contribution in [1.29, 1.82) is 0 Å². The van der Waals surface area contributed by atoms with Crippen LogP contribution in [0, 0.1) is 6.92 Å². The van der Waals surface area contributed by atoms with Crippen LogP contribution in [0.25, 0.3) is 0 Å². The molecule has 0 spiro atoms. The van der Waals surface area contributed by atoms with Crippen LogP contribution >= 0.6 is 11.3 Å². The standard InChI is InChI=1S/C11H19N3O3S2/c1-8-9(18-10(15)13-8)19(16,17)14-6-4-11(2,12-3)5-7-14/h12H,4-7H2,1-3H3,(H,13,15). The lowest BCUT2D eigenvalue weighted by Crippen LogP contribution is -2.51. The van der Waals surface area contributed by atoms with Crippen molar-refractivity contribution < 1.29 is 8.42 Å². The second-order valence-corrected chi connectivity index (χ2v) is 8.26. The van der Waals surface area contributed by atoms with E-state index < -0.39 is 10.0 Å². The number of piperidine rings is 1. The van der Waals surface area contributed by atoms with Crippen LogP contribution in [0.1, 0.15) is 25.5 Å². The zero-order valence-electron chi connectivity index (χ0n) is 11.3. The molecule has 1 aromatic rings. The van der Waals surface area contributed by atoms with Crippen LogP contribution in [0.5, 0.6) is 0 Å². The summed E-state index contributed by atoms with van der Waals surface area (Å²) in [4.78, 5) is 13.5. The van der Waals surface area contributed by atoms with E-state index in [1.807, 2.05) is 7.05 Å². The topological polar surface area (TPSA) is 82.3 Å². The highest BCUT2D eigenvalue weighted by molar-refractivity contribution is 7.91. The lowest BCUT2D eigenvalue weighted by molar-refractivity contribution is 0.220. The van der Waals surface area contributed by atoms with E-state index in [9.17, 15) is 13.2 Å². The second-order valence-electron chi connectivity index (χ2n) is 5.14. The van der Waals surface area contributed by atoms with Crippen LogP contribution in [0.4, 0.5) is 0 Å². The number of aromatic amines is 1. The minimum absolute atomic E-state index is 0.00761. The van der Waals surface area contributed by atoms with Crippen molar-refractivity contribution in [2.45, 2.75) is 36.4 Å². The number of aromatic nitrogens is 1. The van der Waals surface area contributed by atoms with Crippen LogP contribution in [0.15, 0.2) is 9.00 Å². The highest BCUT2D eigenvalue weighted by atomic mass is 32.2. The average molecular weight is 305 g/mol. The van der Waals surface area contributed by atoms with Crippen LogP contribution in [0.3, 0.4) is 0 Å². The van der Waals surface area contributed by atoms with Gasteiger partial charge < -0.3 is 10.3 Å². The SMILES string of the molecule is CNC1(C)CCN(S(=O)(=O)c2sc(=O)[nH]c2C)CC1. The maximum atomic E-state index is 12.5. The monoisotopic (exact) mass is 305 g/mol. The molecule has 8 heteroatoms. The lowest BCUT2D eigenvalue weighted by Gasteiger charge is -2.38. The lowest BCUT2D eigenvalue weighted by atomic mass is 9.91. The van der Waals surface area contributed by atoms with Gasteiger partial charge in [0.25, 0.3) is 10.0 Å². The van der Waals surface area contributed by atoms with Crippen LogP contribution in [-0.2, 0) is 10.0 Å². The minimum Gasteiger partial charge on any atom is -0.315 e. The highest BCUT2D eigenvalue weighted by Gasteiger charge is 2.36. The van der Waals surface area contributed by atoms with Gasteiger partial charge in [-0.15, -0.1) is 0 Å². The smallest absolute Gasteiger partial charge is 0.305 e. The summed E-state index contributed by atoms with van der Waals surface area (Å²) in [6, 6.07) is 0. The number of sulfonamides is 1. The molecule has 0 unspecified atom stereocenters. The number of nitrogens with zero attached hydrogens (tertiary/aromatic N) is 1. The van der Waals surface area contributed by atoms with E-state index >= 15 is 0 Å². The number of hydrogen-bond acceptors (Lipinski definition) is 5. The summed E-state index contributed by atoms with van der Waals surface area (Å²) in [5.41, 5.74) is 0.420. The van der Waals surface area contributed by atoms with E-state index in [1.165, 1.54) is 4.31 Å². The van der Waals surface area contributed by atoms with E-state index in [0.717, 1.165) is 24.2 Å². The minimum atomic E-state index is -3.54. The van der Waals surface area contributed by atoms with Gasteiger partial charge in [0.2, 0.25) is 0 Å². The summed E-state index contributed by atoms with van der Waals surface area (Å²) >= 11 is 0.764. The predicted octanol–water partition coefficient (Wildman–Crippen LogP) is 0.507. The first kappa shape index (κ1) is 14.7. The number of nitrogens with one attached hydrogen (secondary N) is 2. The first-order valence-corrected chi connectivity index (χ1v) is 8.43. The van der Waals surface area contributed by atoms with Gasteiger partial charge in [0, 0.05) is 24.3 Å². The average Bonchev–Trinajstić information content (AvgIpc) is 2.70. The molecule has 0 aromatic carbocycles. The van der Waals surface area contributed by atoms with Crippen molar-refractivity contribution in [3.8, 4) is 0 Å². The summed E-state index contributed by atoms with van der Waals surface area (Å²) in [5, 5.41) is 3.23. The fourth-order valence-corrected chi connectivity index (χ4v) is 5.10. The van der Waals surface area contributed by atoms with E-state index in [2.05, 4.69) is 17.2 Å². The maximum Gasteiger partial charge on any atom is 0.305 e. The van der Waals surface area contributed by atoms with Crippen molar-refractivity contribution in [2.24, 2.45) is 0 Å². The molecule has 1 saturated heterocycles. The Hall–Kier alpha value is -0.700. The highest BCUT2D eigenvalue weighted by Crippen LogP contribution is 2.28. The zero-order chi connectivity index (χ0) is 14.3. The molecule has 1 aromatic heterocycles. The number of H-pyrrole nitrogens is 1. The Bertz CT molecular complexity index is 609. The number of thiazole rings is 1. The van der Waals surface area contributed by atoms with Gasteiger partial charge in [-0.2, -0.15) is 4.31 Å². The first-order chi connectivity index (χ1) is 8.78. The molecule has 0 saturated carbocycles. The van der Waals surface area contributed by atoms with Crippen molar-refractivity contribution in [1.82, 2.24) is 14.6 Å². The number of rotatable bonds is 3. The largest absolute Gasteiger partial charge is 0.315 e. The van der Waals surface area contributed by atoms with Gasteiger partial charge >= 0.3 is 4.87 Å². The normalized spacial score (nSPS) is 20.6. The Morgan fingerprint density at radius 2 is 1.95 bits per heavy atom. The molecule has 0 bridgehead atoms. The Labute approximate surface area is 116 Å². The molecule has 2 N–H and O–H groups in total. The van der Waals surface area contributed by atoms with E-state index in [4.69, 9.17) is 0 Å². The molecule has 1 fully saturated rings. The van der Waals surface area contributed by atoms with E-state index in [0.29, 0.717) is 18.8 Å². The van der Waals surface area contributed by atoms with E-state index in [1.54, 1.807) is 6.92 Å². The second kappa shape index (κ2) is 5.01.